The molecule has 0 fully saturated rings. The standard InChI is InChI=1S/C5H13NO2/c1-2-8-4-5(7)3-6/h5,7H,2-4,6H2,1H3/t5-/m0/s1. The largest absolute Gasteiger partial charge is 0.389 e. The van der Waals surface area contributed by atoms with Crippen molar-refractivity contribution in [2.75, 3.05) is 19.8 Å². The first-order valence-corrected chi connectivity index (χ1v) is 2.77. The first-order valence-electron chi connectivity index (χ1n) is 2.77. The minimum atomic E-state index is -0.491. The molecule has 8 heavy (non-hydrogen) atoms. The van der Waals surface area contributed by atoms with Gasteiger partial charge in [-0.15, -0.1) is 0 Å². The van der Waals surface area contributed by atoms with E-state index in [1.165, 1.54) is 0 Å². The van der Waals surface area contributed by atoms with Crippen LogP contribution in [0.5, 0.6) is 0 Å². The monoisotopic (exact) mass is 119 g/mol. The second kappa shape index (κ2) is 5.03. The second-order valence-corrected chi connectivity index (χ2v) is 1.55. The number of rotatable bonds is 4. The van der Waals surface area contributed by atoms with E-state index in [1.807, 2.05) is 6.92 Å². The molecule has 50 valence electrons. The van der Waals surface area contributed by atoms with Crippen molar-refractivity contribution in [2.45, 2.75) is 13.0 Å². The maximum atomic E-state index is 8.74. The maximum Gasteiger partial charge on any atom is 0.0895 e. The van der Waals surface area contributed by atoms with Gasteiger partial charge in [0.15, 0.2) is 0 Å². The normalized spacial score (nSPS) is 13.9. The molecule has 0 aliphatic heterocycles. The van der Waals surface area contributed by atoms with E-state index in [9.17, 15) is 0 Å². The quantitative estimate of drug-likeness (QED) is 0.516. The fourth-order valence-electron chi connectivity index (χ4n) is 0.322. The van der Waals surface area contributed by atoms with Gasteiger partial charge in [0.05, 0.1) is 12.7 Å². The zero-order valence-corrected chi connectivity index (χ0v) is 5.13. The molecule has 3 nitrogen and oxygen atoms in total. The summed E-state index contributed by atoms with van der Waals surface area (Å²) in [5.74, 6) is 0. The second-order valence-electron chi connectivity index (χ2n) is 1.55. The molecule has 0 bridgehead atoms. The molecule has 0 unspecified atom stereocenters. The number of hydrogen-bond acceptors (Lipinski definition) is 3. The van der Waals surface area contributed by atoms with Crippen LogP contribution in [0, 0.1) is 0 Å². The predicted molar refractivity (Wildman–Crippen MR) is 31.6 cm³/mol. The van der Waals surface area contributed by atoms with Crippen molar-refractivity contribution in [3.8, 4) is 0 Å². The van der Waals surface area contributed by atoms with E-state index >= 15 is 0 Å². The average molecular weight is 119 g/mol. The highest BCUT2D eigenvalue weighted by Gasteiger charge is 1.97. The Morgan fingerprint density at radius 3 is 2.75 bits per heavy atom. The van der Waals surface area contributed by atoms with Crippen molar-refractivity contribution in [1.82, 2.24) is 0 Å². The Labute approximate surface area is 49.4 Å². The Kier molecular flexibility index (Phi) is 4.95. The van der Waals surface area contributed by atoms with E-state index in [0.29, 0.717) is 13.2 Å². The highest BCUT2D eigenvalue weighted by atomic mass is 16.5. The van der Waals surface area contributed by atoms with Crippen molar-refractivity contribution < 1.29 is 9.84 Å². The fourth-order valence-corrected chi connectivity index (χ4v) is 0.322. The highest BCUT2D eigenvalue weighted by molar-refractivity contribution is 4.50. The Balaban J connectivity index is 2.86. The molecule has 0 saturated carbocycles. The molecule has 0 heterocycles. The Hall–Kier alpha value is -0.120. The van der Waals surface area contributed by atoms with Gasteiger partial charge in [-0.1, -0.05) is 0 Å². The van der Waals surface area contributed by atoms with Crippen LogP contribution in [0.25, 0.3) is 0 Å². The third-order valence-corrected chi connectivity index (χ3v) is 0.786. The average Bonchev–Trinajstić information content (AvgIpc) is 1.83. The molecule has 3 N–H and O–H groups in total. The lowest BCUT2D eigenvalue weighted by atomic mass is 10.4. The van der Waals surface area contributed by atoms with Gasteiger partial charge in [0.2, 0.25) is 0 Å². The first-order chi connectivity index (χ1) is 3.81. The van der Waals surface area contributed by atoms with Gasteiger partial charge in [0.1, 0.15) is 0 Å². The van der Waals surface area contributed by atoms with Gasteiger partial charge >= 0.3 is 0 Å². The molecule has 3 heteroatoms. The summed E-state index contributed by atoms with van der Waals surface area (Å²) in [5.41, 5.74) is 5.08. The molecule has 0 amide bonds. The van der Waals surface area contributed by atoms with Crippen LogP contribution in [0.2, 0.25) is 0 Å². The van der Waals surface area contributed by atoms with E-state index in [0.717, 1.165) is 0 Å². The molecule has 0 aromatic carbocycles. The number of nitrogens with two attached hydrogens (primary N) is 1. The fraction of sp³-hybridized carbons (Fsp3) is 1.00. The molecule has 0 aliphatic rings. The van der Waals surface area contributed by atoms with Crippen molar-refractivity contribution >= 4 is 0 Å². The predicted octanol–water partition coefficient (Wildman–Crippen LogP) is -0.657. The van der Waals surface area contributed by atoms with Crippen molar-refractivity contribution in [3.63, 3.8) is 0 Å². The van der Waals surface area contributed by atoms with Crippen LogP contribution in [0.15, 0.2) is 0 Å². The van der Waals surface area contributed by atoms with Crippen LogP contribution in [0.3, 0.4) is 0 Å². The summed E-state index contributed by atoms with van der Waals surface area (Å²) in [6, 6.07) is 0. The summed E-state index contributed by atoms with van der Waals surface area (Å²) in [5, 5.41) is 8.74. The summed E-state index contributed by atoms with van der Waals surface area (Å²) in [6.07, 6.45) is -0.491. The van der Waals surface area contributed by atoms with Gasteiger partial charge in [0, 0.05) is 13.2 Å². The zero-order chi connectivity index (χ0) is 6.41. The SMILES string of the molecule is CCOC[C@@H](O)CN. The summed E-state index contributed by atoms with van der Waals surface area (Å²) in [7, 11) is 0. The van der Waals surface area contributed by atoms with Crippen LogP contribution in [-0.4, -0.2) is 31.0 Å². The highest BCUT2D eigenvalue weighted by Crippen LogP contribution is 1.79. The minimum Gasteiger partial charge on any atom is -0.389 e. The number of ether oxygens (including phenoxy) is 1. The number of aliphatic hydroxyl groups is 1. The number of aliphatic hydroxyl groups excluding tert-OH is 1. The van der Waals surface area contributed by atoms with E-state index in [-0.39, 0.29) is 6.54 Å². The molecule has 0 aromatic heterocycles. The smallest absolute Gasteiger partial charge is 0.0895 e. The summed E-state index contributed by atoms with van der Waals surface area (Å²) < 4.78 is 4.86. The van der Waals surface area contributed by atoms with Crippen molar-refractivity contribution in [2.24, 2.45) is 5.73 Å². The summed E-state index contributed by atoms with van der Waals surface area (Å²) in [4.78, 5) is 0. The molecule has 0 aliphatic carbocycles. The van der Waals surface area contributed by atoms with Gasteiger partial charge in [0.25, 0.3) is 0 Å². The van der Waals surface area contributed by atoms with Crippen molar-refractivity contribution in [1.29, 1.82) is 0 Å². The molecular formula is C5H13NO2. The van der Waals surface area contributed by atoms with E-state index in [4.69, 9.17) is 15.6 Å². The third-order valence-electron chi connectivity index (χ3n) is 0.786. The van der Waals surface area contributed by atoms with Crippen molar-refractivity contribution in [3.05, 3.63) is 0 Å². The minimum absolute atomic E-state index is 0.278. The Morgan fingerprint density at radius 1 is 1.75 bits per heavy atom. The Morgan fingerprint density at radius 2 is 2.38 bits per heavy atom. The third kappa shape index (κ3) is 4.05. The molecule has 1 atom stereocenters. The van der Waals surface area contributed by atoms with Crippen LogP contribution in [-0.2, 0) is 4.74 Å². The molecule has 0 saturated heterocycles. The van der Waals surface area contributed by atoms with Gasteiger partial charge in [-0.3, -0.25) is 0 Å². The molecule has 0 rings (SSSR count). The van der Waals surface area contributed by atoms with Crippen LogP contribution in [0.1, 0.15) is 6.92 Å². The zero-order valence-electron chi connectivity index (χ0n) is 5.13. The summed E-state index contributed by atoms with van der Waals surface area (Å²) in [6.45, 7) is 3.15. The molecule has 0 aromatic rings. The van der Waals surface area contributed by atoms with E-state index in [2.05, 4.69) is 0 Å². The topological polar surface area (TPSA) is 55.5 Å². The molecule has 0 spiro atoms. The Bertz CT molecular complexity index is 49.7. The first kappa shape index (κ1) is 7.88. The van der Waals surface area contributed by atoms with Gasteiger partial charge in [-0.25, -0.2) is 0 Å². The van der Waals surface area contributed by atoms with Crippen LogP contribution in [0.4, 0.5) is 0 Å². The van der Waals surface area contributed by atoms with Gasteiger partial charge < -0.3 is 15.6 Å². The number of hydrogen-bond donors (Lipinski definition) is 2. The van der Waals surface area contributed by atoms with E-state index < -0.39 is 6.10 Å². The summed E-state index contributed by atoms with van der Waals surface area (Å²) >= 11 is 0. The molecule has 0 radical (unpaired) electrons. The van der Waals surface area contributed by atoms with Crippen LogP contribution < -0.4 is 5.73 Å². The maximum absolute atomic E-state index is 8.74. The van der Waals surface area contributed by atoms with E-state index in [1.54, 1.807) is 0 Å². The van der Waals surface area contributed by atoms with Gasteiger partial charge in [-0.2, -0.15) is 0 Å². The lowest BCUT2D eigenvalue weighted by Crippen LogP contribution is -2.24. The molecular weight excluding hydrogens is 106 g/mol. The van der Waals surface area contributed by atoms with Crippen LogP contribution >= 0.6 is 0 Å². The van der Waals surface area contributed by atoms with Gasteiger partial charge in [-0.05, 0) is 6.92 Å². The lowest BCUT2D eigenvalue weighted by Gasteiger charge is -2.05. The lowest BCUT2D eigenvalue weighted by molar-refractivity contribution is 0.0474.